The fourth-order valence-electron chi connectivity index (χ4n) is 6.07. The van der Waals surface area contributed by atoms with Crippen molar-refractivity contribution in [3.8, 4) is 11.3 Å². The van der Waals surface area contributed by atoms with Gasteiger partial charge in [0, 0.05) is 27.9 Å². The Morgan fingerprint density at radius 2 is 1.31 bits per heavy atom. The van der Waals surface area contributed by atoms with Crippen LogP contribution in [-0.4, -0.2) is 4.98 Å². The molecule has 0 radical (unpaired) electrons. The molecule has 1 aliphatic rings. The maximum absolute atomic E-state index is 6.47. The first-order valence-electron chi connectivity index (χ1n) is 12.6. The van der Waals surface area contributed by atoms with Crippen LogP contribution < -0.4 is 0 Å². The van der Waals surface area contributed by atoms with Crippen molar-refractivity contribution in [3.63, 3.8) is 0 Å². The summed E-state index contributed by atoms with van der Waals surface area (Å²) in [7, 11) is 0. The van der Waals surface area contributed by atoms with Crippen molar-refractivity contribution in [3.05, 3.63) is 90.1 Å². The molecule has 2 nitrogen and oxygen atoms in total. The van der Waals surface area contributed by atoms with Crippen LogP contribution in [0.25, 0.3) is 54.7 Å². The molecule has 0 bridgehead atoms. The molecule has 2 heterocycles. The summed E-state index contributed by atoms with van der Waals surface area (Å²) in [5.74, 6) is 0. The number of pyridine rings is 1. The third-order valence-corrected chi connectivity index (χ3v) is 8.35. The van der Waals surface area contributed by atoms with Gasteiger partial charge in [0.15, 0.2) is 0 Å². The standard InChI is InChI=1S/C33H29NO/c1-32(2)12-13-33(3,4)28-19-30-26(18-27(28)32)25-17-24-22(16-29(25)35-30)11-14-34-31(24)23-10-9-20-7-5-6-8-21(20)15-23/h5-11,14-19H,12-13H2,1-4H3. The third-order valence-electron chi connectivity index (χ3n) is 8.35. The van der Waals surface area contributed by atoms with Crippen LogP contribution in [0.15, 0.2) is 83.4 Å². The molecule has 35 heavy (non-hydrogen) atoms. The zero-order valence-electron chi connectivity index (χ0n) is 20.8. The maximum Gasteiger partial charge on any atom is 0.136 e. The van der Waals surface area contributed by atoms with Gasteiger partial charge in [-0.25, -0.2) is 0 Å². The van der Waals surface area contributed by atoms with E-state index in [0.717, 1.165) is 33.2 Å². The highest BCUT2D eigenvalue weighted by molar-refractivity contribution is 6.12. The molecule has 0 aliphatic heterocycles. The van der Waals surface area contributed by atoms with Crippen molar-refractivity contribution in [2.75, 3.05) is 0 Å². The lowest BCUT2D eigenvalue weighted by atomic mass is 9.63. The van der Waals surface area contributed by atoms with Crippen molar-refractivity contribution < 1.29 is 4.42 Å². The minimum Gasteiger partial charge on any atom is -0.456 e. The van der Waals surface area contributed by atoms with Crippen LogP contribution in [0.1, 0.15) is 51.7 Å². The lowest BCUT2D eigenvalue weighted by molar-refractivity contribution is 0.332. The molecule has 0 amide bonds. The monoisotopic (exact) mass is 455 g/mol. The summed E-state index contributed by atoms with van der Waals surface area (Å²) >= 11 is 0. The van der Waals surface area contributed by atoms with E-state index in [9.17, 15) is 0 Å². The normalized spacial score (nSPS) is 16.8. The van der Waals surface area contributed by atoms with Gasteiger partial charge in [-0.05, 0) is 87.4 Å². The van der Waals surface area contributed by atoms with Crippen molar-refractivity contribution in [1.29, 1.82) is 0 Å². The third kappa shape index (κ3) is 3.06. The number of hydrogen-bond donors (Lipinski definition) is 0. The molecule has 1 aliphatic carbocycles. The quantitative estimate of drug-likeness (QED) is 0.247. The summed E-state index contributed by atoms with van der Waals surface area (Å²) in [6.07, 6.45) is 4.31. The Kier molecular flexibility index (Phi) is 4.11. The number of aromatic nitrogens is 1. The zero-order chi connectivity index (χ0) is 23.9. The summed E-state index contributed by atoms with van der Waals surface area (Å²) in [5.41, 5.74) is 7.31. The fraction of sp³-hybridized carbons (Fsp3) is 0.242. The van der Waals surface area contributed by atoms with Crippen molar-refractivity contribution in [2.45, 2.75) is 51.4 Å². The molecule has 2 aromatic heterocycles. The SMILES string of the molecule is CC1(C)CCC(C)(C)c2cc3c(cc21)oc1cc2ccnc(-c4ccc5ccccc5c4)c2cc13. The lowest BCUT2D eigenvalue weighted by Crippen LogP contribution is -2.33. The van der Waals surface area contributed by atoms with E-state index in [0.29, 0.717) is 0 Å². The Balaban J connectivity index is 1.51. The summed E-state index contributed by atoms with van der Waals surface area (Å²) in [6.45, 7) is 9.50. The number of benzene rings is 4. The van der Waals surface area contributed by atoms with Gasteiger partial charge < -0.3 is 4.42 Å². The van der Waals surface area contributed by atoms with Crippen LogP contribution in [0, 0.1) is 0 Å². The van der Waals surface area contributed by atoms with Gasteiger partial charge in [0.05, 0.1) is 5.69 Å². The smallest absolute Gasteiger partial charge is 0.136 e. The van der Waals surface area contributed by atoms with Crippen molar-refractivity contribution in [1.82, 2.24) is 4.98 Å². The van der Waals surface area contributed by atoms with Gasteiger partial charge in [0.25, 0.3) is 0 Å². The molecular formula is C33H29NO. The Hall–Kier alpha value is -3.65. The number of nitrogens with zero attached hydrogens (tertiary/aromatic N) is 1. The number of hydrogen-bond acceptors (Lipinski definition) is 2. The van der Waals surface area contributed by atoms with E-state index in [-0.39, 0.29) is 10.8 Å². The van der Waals surface area contributed by atoms with E-state index in [1.807, 2.05) is 6.20 Å². The average Bonchev–Trinajstić information content (AvgIpc) is 3.21. The second-order valence-electron chi connectivity index (χ2n) is 11.6. The molecular weight excluding hydrogens is 426 g/mol. The zero-order valence-corrected chi connectivity index (χ0v) is 20.8. The summed E-state index contributed by atoms with van der Waals surface area (Å²) in [5, 5.41) is 7.17. The maximum atomic E-state index is 6.47. The molecule has 0 N–H and O–H groups in total. The molecule has 0 saturated carbocycles. The second kappa shape index (κ2) is 6.95. The van der Waals surface area contributed by atoms with E-state index in [1.54, 1.807) is 0 Å². The predicted octanol–water partition coefficient (Wildman–Crippen LogP) is 9.30. The van der Waals surface area contributed by atoms with Gasteiger partial charge in [-0.15, -0.1) is 0 Å². The lowest BCUT2D eigenvalue weighted by Gasteiger charge is -2.41. The van der Waals surface area contributed by atoms with E-state index in [2.05, 4.69) is 100 Å². The molecule has 0 unspecified atom stereocenters. The van der Waals surface area contributed by atoms with Crippen molar-refractivity contribution >= 4 is 43.5 Å². The first-order valence-corrected chi connectivity index (χ1v) is 12.6. The highest BCUT2D eigenvalue weighted by Crippen LogP contribution is 2.48. The van der Waals surface area contributed by atoms with Crippen LogP contribution in [-0.2, 0) is 10.8 Å². The molecule has 7 rings (SSSR count). The van der Waals surface area contributed by atoms with E-state index in [1.165, 1.54) is 45.5 Å². The van der Waals surface area contributed by atoms with Gasteiger partial charge in [-0.2, -0.15) is 0 Å². The number of furan rings is 1. The summed E-state index contributed by atoms with van der Waals surface area (Å²) in [4.78, 5) is 4.84. The predicted molar refractivity (Wildman–Crippen MR) is 147 cm³/mol. The highest BCUT2D eigenvalue weighted by atomic mass is 16.3. The molecule has 0 spiro atoms. The molecule has 0 atom stereocenters. The number of fused-ring (bicyclic) bond motifs is 6. The molecule has 4 aromatic carbocycles. The van der Waals surface area contributed by atoms with Gasteiger partial charge >= 0.3 is 0 Å². The first-order chi connectivity index (χ1) is 16.8. The van der Waals surface area contributed by atoms with Crippen LogP contribution in [0.5, 0.6) is 0 Å². The topological polar surface area (TPSA) is 26.0 Å². The molecule has 6 aromatic rings. The van der Waals surface area contributed by atoms with E-state index >= 15 is 0 Å². The Bertz CT molecular complexity index is 1800. The van der Waals surface area contributed by atoms with Gasteiger partial charge in [-0.1, -0.05) is 64.1 Å². The molecule has 0 fully saturated rings. The number of rotatable bonds is 1. The fourth-order valence-corrected chi connectivity index (χ4v) is 6.07. The summed E-state index contributed by atoms with van der Waals surface area (Å²) in [6, 6.07) is 26.4. The highest BCUT2D eigenvalue weighted by Gasteiger charge is 2.37. The van der Waals surface area contributed by atoms with E-state index < -0.39 is 0 Å². The van der Waals surface area contributed by atoms with Gasteiger partial charge in [0.1, 0.15) is 11.2 Å². The molecule has 2 heteroatoms. The van der Waals surface area contributed by atoms with Gasteiger partial charge in [-0.3, -0.25) is 4.98 Å². The van der Waals surface area contributed by atoms with Crippen LogP contribution in [0.3, 0.4) is 0 Å². The van der Waals surface area contributed by atoms with E-state index in [4.69, 9.17) is 9.40 Å². The molecule has 172 valence electrons. The average molecular weight is 456 g/mol. The first kappa shape index (κ1) is 20.7. The van der Waals surface area contributed by atoms with Crippen LogP contribution in [0.2, 0.25) is 0 Å². The minimum atomic E-state index is 0.163. The molecule has 0 saturated heterocycles. The summed E-state index contributed by atoms with van der Waals surface area (Å²) < 4.78 is 6.47. The van der Waals surface area contributed by atoms with Crippen molar-refractivity contribution in [2.24, 2.45) is 0 Å². The Labute approximate surface area is 205 Å². The second-order valence-corrected chi connectivity index (χ2v) is 11.6. The largest absolute Gasteiger partial charge is 0.456 e. The Morgan fingerprint density at radius 3 is 2.11 bits per heavy atom. The van der Waals surface area contributed by atoms with Crippen LogP contribution >= 0.6 is 0 Å². The Morgan fingerprint density at radius 1 is 0.629 bits per heavy atom. The minimum absolute atomic E-state index is 0.163. The van der Waals surface area contributed by atoms with Gasteiger partial charge in [0.2, 0.25) is 0 Å². The van der Waals surface area contributed by atoms with Crippen LogP contribution in [0.4, 0.5) is 0 Å².